The Bertz CT molecular complexity index is 162. The highest BCUT2D eigenvalue weighted by molar-refractivity contribution is 5.77. The summed E-state index contributed by atoms with van der Waals surface area (Å²) in [6.45, 7) is 2.47. The molecule has 0 aromatic heterocycles. The van der Waals surface area contributed by atoms with E-state index in [2.05, 4.69) is 0 Å². The van der Waals surface area contributed by atoms with Crippen LogP contribution in [0.3, 0.4) is 0 Å². The van der Waals surface area contributed by atoms with E-state index >= 15 is 0 Å². The van der Waals surface area contributed by atoms with Gasteiger partial charge in [0.25, 0.3) is 5.91 Å². The van der Waals surface area contributed by atoms with Crippen molar-refractivity contribution in [2.24, 2.45) is 0 Å². The Morgan fingerprint density at radius 1 is 1.73 bits per heavy atom. The van der Waals surface area contributed by atoms with E-state index in [4.69, 9.17) is 10.1 Å². The van der Waals surface area contributed by atoms with Crippen LogP contribution in [0.15, 0.2) is 0 Å². The summed E-state index contributed by atoms with van der Waals surface area (Å²) in [4.78, 5) is 15.7. The van der Waals surface area contributed by atoms with Gasteiger partial charge in [-0.3, -0.25) is 9.63 Å². The highest BCUT2D eigenvalue weighted by Crippen LogP contribution is 1.94. The van der Waals surface area contributed by atoms with Crippen molar-refractivity contribution < 1.29 is 9.63 Å². The molecule has 0 unspecified atom stereocenters. The van der Waals surface area contributed by atoms with Gasteiger partial charge < -0.3 is 0 Å². The van der Waals surface area contributed by atoms with Crippen LogP contribution in [-0.4, -0.2) is 24.6 Å². The largest absolute Gasteiger partial charge is 0.274 e. The molecule has 0 aromatic carbocycles. The zero-order chi connectivity index (χ0) is 8.69. The molecule has 0 saturated carbocycles. The molecular formula is C7H12N2O2. The molecule has 0 aliphatic heterocycles. The molecule has 0 heterocycles. The Balaban J connectivity index is 3.83. The van der Waals surface area contributed by atoms with E-state index in [-0.39, 0.29) is 12.3 Å². The predicted molar refractivity (Wildman–Crippen MR) is 39.2 cm³/mol. The van der Waals surface area contributed by atoms with Gasteiger partial charge in [-0.05, 0) is 6.42 Å². The number of hydrogen-bond acceptors (Lipinski definition) is 3. The number of carbonyl (C=O) groups is 1. The van der Waals surface area contributed by atoms with Crippen LogP contribution in [0.1, 0.15) is 19.8 Å². The lowest BCUT2D eigenvalue weighted by Gasteiger charge is -2.16. The Hall–Kier alpha value is -1.08. The van der Waals surface area contributed by atoms with E-state index in [0.29, 0.717) is 6.54 Å². The molecule has 4 heteroatoms. The number of nitrogens with zero attached hydrogens (tertiary/aromatic N) is 2. The number of amides is 1. The van der Waals surface area contributed by atoms with Gasteiger partial charge in [0, 0.05) is 6.54 Å². The minimum atomic E-state index is -0.281. The SMILES string of the molecule is CCCN(OC)C(=O)CC#N. The van der Waals surface area contributed by atoms with Crippen molar-refractivity contribution >= 4 is 5.91 Å². The van der Waals surface area contributed by atoms with Crippen LogP contribution in [0, 0.1) is 11.3 Å². The van der Waals surface area contributed by atoms with Gasteiger partial charge in [0.1, 0.15) is 6.42 Å². The molecule has 0 bridgehead atoms. The number of carbonyl (C=O) groups excluding carboxylic acids is 1. The molecule has 0 rings (SSSR count). The van der Waals surface area contributed by atoms with Crippen LogP contribution >= 0.6 is 0 Å². The van der Waals surface area contributed by atoms with Crippen LogP contribution in [-0.2, 0) is 9.63 Å². The second-order valence-corrected chi connectivity index (χ2v) is 2.01. The third kappa shape index (κ3) is 3.58. The summed E-state index contributed by atoms with van der Waals surface area (Å²) in [5.41, 5.74) is 0. The van der Waals surface area contributed by atoms with Crippen molar-refractivity contribution in [3.8, 4) is 6.07 Å². The molecule has 0 spiro atoms. The van der Waals surface area contributed by atoms with Crippen molar-refractivity contribution in [2.75, 3.05) is 13.7 Å². The molecule has 0 radical (unpaired) electrons. The van der Waals surface area contributed by atoms with E-state index in [1.807, 2.05) is 6.92 Å². The summed E-state index contributed by atoms with van der Waals surface area (Å²) in [5.74, 6) is -0.281. The zero-order valence-electron chi connectivity index (χ0n) is 6.83. The molecule has 0 N–H and O–H groups in total. The summed E-state index contributed by atoms with van der Waals surface area (Å²) >= 11 is 0. The van der Waals surface area contributed by atoms with E-state index in [1.165, 1.54) is 12.2 Å². The fraction of sp³-hybridized carbons (Fsp3) is 0.714. The molecule has 4 nitrogen and oxygen atoms in total. The minimum Gasteiger partial charge on any atom is -0.274 e. The van der Waals surface area contributed by atoms with Crippen LogP contribution < -0.4 is 0 Å². The molecule has 0 saturated heterocycles. The van der Waals surface area contributed by atoms with Gasteiger partial charge in [-0.15, -0.1) is 0 Å². The Kier molecular flexibility index (Phi) is 5.13. The molecule has 0 aliphatic rings. The van der Waals surface area contributed by atoms with Crippen LogP contribution in [0.2, 0.25) is 0 Å². The Labute approximate surface area is 66.3 Å². The fourth-order valence-corrected chi connectivity index (χ4v) is 0.677. The fourth-order valence-electron chi connectivity index (χ4n) is 0.677. The third-order valence-corrected chi connectivity index (χ3v) is 1.16. The maximum Gasteiger partial charge on any atom is 0.260 e. The van der Waals surface area contributed by atoms with Gasteiger partial charge in [0.15, 0.2) is 0 Å². The van der Waals surface area contributed by atoms with Gasteiger partial charge in [-0.2, -0.15) is 5.26 Å². The topological polar surface area (TPSA) is 53.3 Å². The zero-order valence-corrected chi connectivity index (χ0v) is 6.83. The van der Waals surface area contributed by atoms with E-state index in [1.54, 1.807) is 6.07 Å². The normalized spacial score (nSPS) is 8.82. The van der Waals surface area contributed by atoms with Gasteiger partial charge in [0.2, 0.25) is 0 Å². The first-order valence-electron chi connectivity index (χ1n) is 3.47. The Morgan fingerprint density at radius 3 is 2.73 bits per heavy atom. The first-order chi connectivity index (χ1) is 5.26. The van der Waals surface area contributed by atoms with Crippen molar-refractivity contribution in [1.29, 1.82) is 5.26 Å². The van der Waals surface area contributed by atoms with Crippen molar-refractivity contribution in [1.82, 2.24) is 5.06 Å². The number of hydroxylamine groups is 2. The summed E-state index contributed by atoms with van der Waals surface area (Å²) in [6, 6.07) is 1.77. The summed E-state index contributed by atoms with van der Waals surface area (Å²) < 4.78 is 0. The van der Waals surface area contributed by atoms with E-state index in [0.717, 1.165) is 6.42 Å². The second-order valence-electron chi connectivity index (χ2n) is 2.01. The second kappa shape index (κ2) is 5.69. The molecule has 1 amide bonds. The maximum absolute atomic E-state index is 10.9. The molecule has 0 atom stereocenters. The molecular weight excluding hydrogens is 144 g/mol. The van der Waals surface area contributed by atoms with Crippen LogP contribution in [0.5, 0.6) is 0 Å². The standard InChI is InChI=1S/C7H12N2O2/c1-3-6-9(11-2)7(10)4-5-8/h3-4,6H2,1-2H3. The van der Waals surface area contributed by atoms with E-state index < -0.39 is 0 Å². The van der Waals surface area contributed by atoms with Gasteiger partial charge in [-0.1, -0.05) is 6.92 Å². The van der Waals surface area contributed by atoms with Gasteiger partial charge in [-0.25, -0.2) is 5.06 Å². The average molecular weight is 156 g/mol. The van der Waals surface area contributed by atoms with Crippen molar-refractivity contribution in [2.45, 2.75) is 19.8 Å². The number of rotatable bonds is 4. The minimum absolute atomic E-state index is 0.117. The quantitative estimate of drug-likeness (QED) is 0.563. The van der Waals surface area contributed by atoms with Crippen molar-refractivity contribution in [3.63, 3.8) is 0 Å². The lowest BCUT2D eigenvalue weighted by molar-refractivity contribution is -0.174. The first-order valence-corrected chi connectivity index (χ1v) is 3.47. The summed E-state index contributed by atoms with van der Waals surface area (Å²) in [5, 5.41) is 9.39. The van der Waals surface area contributed by atoms with Crippen LogP contribution in [0.4, 0.5) is 0 Å². The molecule has 11 heavy (non-hydrogen) atoms. The van der Waals surface area contributed by atoms with Gasteiger partial charge in [0.05, 0.1) is 13.2 Å². The average Bonchev–Trinajstić information content (AvgIpc) is 2.00. The number of hydrogen-bond donors (Lipinski definition) is 0. The van der Waals surface area contributed by atoms with Crippen LogP contribution in [0.25, 0.3) is 0 Å². The smallest absolute Gasteiger partial charge is 0.260 e. The molecule has 0 aromatic rings. The van der Waals surface area contributed by atoms with Crippen molar-refractivity contribution in [3.05, 3.63) is 0 Å². The molecule has 62 valence electrons. The maximum atomic E-state index is 10.9. The monoisotopic (exact) mass is 156 g/mol. The van der Waals surface area contributed by atoms with Gasteiger partial charge >= 0.3 is 0 Å². The predicted octanol–water partition coefficient (Wildman–Crippen LogP) is 0.700. The molecule has 0 fully saturated rings. The lowest BCUT2D eigenvalue weighted by atomic mass is 10.4. The van der Waals surface area contributed by atoms with E-state index in [9.17, 15) is 4.79 Å². The summed E-state index contributed by atoms with van der Waals surface area (Å²) in [7, 11) is 1.42. The first kappa shape index (κ1) is 9.92. The summed E-state index contributed by atoms with van der Waals surface area (Å²) in [6.07, 6.45) is 0.707. The molecule has 0 aliphatic carbocycles. The number of nitriles is 1. The highest BCUT2D eigenvalue weighted by Gasteiger charge is 2.10. The third-order valence-electron chi connectivity index (χ3n) is 1.16. The Morgan fingerprint density at radius 2 is 2.36 bits per heavy atom. The highest BCUT2D eigenvalue weighted by atomic mass is 16.7. The lowest BCUT2D eigenvalue weighted by Crippen LogP contribution is -2.30.